The molecule has 1 saturated heterocycles. The number of anilines is 2. The molecule has 0 radical (unpaired) electrons. The first kappa shape index (κ1) is 17.1. The summed E-state index contributed by atoms with van der Waals surface area (Å²) in [5.74, 6) is 0.888. The van der Waals surface area contributed by atoms with Crippen LogP contribution in [0, 0.1) is 12.7 Å². The van der Waals surface area contributed by atoms with Crippen molar-refractivity contribution in [3.05, 3.63) is 36.2 Å². The van der Waals surface area contributed by atoms with Gasteiger partial charge in [0.2, 0.25) is 11.9 Å². The lowest BCUT2D eigenvalue weighted by Gasteiger charge is -2.39. The average Bonchev–Trinajstić information content (AvgIpc) is 2.58. The fourth-order valence-electron chi connectivity index (χ4n) is 2.44. The standard InChI is InChI=1S/C14H17FN6.C2H6/c1-10-5-16-14(17-6-10)21-4-3-20(9-11(21)2)13-18-7-12(15)8-19-13;1-2/h5-8,11H,3-4,9H2,1-2H3;1-2H3/t11-;/m1./s1. The highest BCUT2D eigenvalue weighted by molar-refractivity contribution is 5.39. The van der Waals surface area contributed by atoms with Crippen molar-refractivity contribution in [2.75, 3.05) is 29.4 Å². The maximum Gasteiger partial charge on any atom is 0.225 e. The van der Waals surface area contributed by atoms with E-state index in [1.54, 1.807) is 0 Å². The van der Waals surface area contributed by atoms with Crippen LogP contribution in [-0.4, -0.2) is 45.6 Å². The van der Waals surface area contributed by atoms with Gasteiger partial charge in [-0.2, -0.15) is 0 Å². The molecule has 7 heteroatoms. The van der Waals surface area contributed by atoms with Crippen molar-refractivity contribution in [3.8, 4) is 0 Å². The summed E-state index contributed by atoms with van der Waals surface area (Å²) in [6.07, 6.45) is 6.04. The van der Waals surface area contributed by atoms with Crippen LogP contribution in [0.2, 0.25) is 0 Å². The Bertz CT molecular complexity index is 601. The van der Waals surface area contributed by atoms with Crippen LogP contribution in [0.4, 0.5) is 16.3 Å². The molecule has 124 valence electrons. The second-order valence-electron chi connectivity index (χ2n) is 5.25. The van der Waals surface area contributed by atoms with Crippen LogP contribution in [0.3, 0.4) is 0 Å². The SMILES string of the molecule is CC.Cc1cnc(N2CCN(c3ncc(F)cn3)C[C@H]2C)nc1. The molecule has 0 N–H and O–H groups in total. The normalized spacial score (nSPS) is 17.5. The van der Waals surface area contributed by atoms with Gasteiger partial charge in [0.25, 0.3) is 0 Å². The first-order chi connectivity index (χ1) is 11.1. The van der Waals surface area contributed by atoms with E-state index in [9.17, 15) is 4.39 Å². The average molecular weight is 318 g/mol. The van der Waals surface area contributed by atoms with Gasteiger partial charge in [-0.05, 0) is 19.4 Å². The Kier molecular flexibility index (Phi) is 5.78. The van der Waals surface area contributed by atoms with Crippen LogP contribution in [0.1, 0.15) is 26.3 Å². The van der Waals surface area contributed by atoms with Gasteiger partial charge in [0.1, 0.15) is 0 Å². The monoisotopic (exact) mass is 318 g/mol. The Morgan fingerprint density at radius 2 is 1.52 bits per heavy atom. The molecule has 0 amide bonds. The fraction of sp³-hybridized carbons (Fsp3) is 0.500. The molecule has 3 heterocycles. The van der Waals surface area contributed by atoms with Crippen LogP contribution in [-0.2, 0) is 0 Å². The third-order valence-corrected chi connectivity index (χ3v) is 3.54. The van der Waals surface area contributed by atoms with Gasteiger partial charge in [-0.3, -0.25) is 0 Å². The van der Waals surface area contributed by atoms with Gasteiger partial charge in [-0.25, -0.2) is 24.3 Å². The summed E-state index contributed by atoms with van der Waals surface area (Å²) in [5, 5.41) is 0. The van der Waals surface area contributed by atoms with E-state index in [1.807, 2.05) is 33.2 Å². The van der Waals surface area contributed by atoms with E-state index in [2.05, 4.69) is 36.7 Å². The second-order valence-corrected chi connectivity index (χ2v) is 5.25. The lowest BCUT2D eigenvalue weighted by atomic mass is 10.2. The zero-order valence-electron chi connectivity index (χ0n) is 14.1. The lowest BCUT2D eigenvalue weighted by Crippen LogP contribution is -2.53. The summed E-state index contributed by atoms with van der Waals surface area (Å²) in [4.78, 5) is 21.0. The first-order valence-electron chi connectivity index (χ1n) is 7.91. The molecule has 1 fully saturated rings. The number of halogens is 1. The molecule has 1 atom stereocenters. The molecule has 23 heavy (non-hydrogen) atoms. The largest absolute Gasteiger partial charge is 0.337 e. The highest BCUT2D eigenvalue weighted by Crippen LogP contribution is 2.18. The zero-order valence-corrected chi connectivity index (χ0v) is 14.1. The molecule has 0 bridgehead atoms. The molecule has 1 aliphatic heterocycles. The van der Waals surface area contributed by atoms with Crippen molar-refractivity contribution in [2.45, 2.75) is 33.7 Å². The Hall–Kier alpha value is -2.31. The van der Waals surface area contributed by atoms with Crippen LogP contribution >= 0.6 is 0 Å². The van der Waals surface area contributed by atoms with Crippen molar-refractivity contribution < 1.29 is 4.39 Å². The maximum atomic E-state index is 12.9. The van der Waals surface area contributed by atoms with Crippen molar-refractivity contribution >= 4 is 11.9 Å². The van der Waals surface area contributed by atoms with Crippen molar-refractivity contribution in [1.82, 2.24) is 19.9 Å². The molecule has 0 saturated carbocycles. The second kappa shape index (κ2) is 7.80. The third-order valence-electron chi connectivity index (χ3n) is 3.54. The van der Waals surface area contributed by atoms with Gasteiger partial charge < -0.3 is 9.80 Å². The molecule has 0 aliphatic carbocycles. The molecule has 2 aromatic heterocycles. The van der Waals surface area contributed by atoms with Crippen molar-refractivity contribution in [2.24, 2.45) is 0 Å². The number of nitrogens with zero attached hydrogens (tertiary/aromatic N) is 6. The summed E-state index contributed by atoms with van der Waals surface area (Å²) in [6, 6.07) is 0.232. The molecule has 2 aromatic rings. The molecular weight excluding hydrogens is 295 g/mol. The van der Waals surface area contributed by atoms with E-state index in [0.717, 1.165) is 31.1 Å². The number of aryl methyl sites for hydroxylation is 1. The Labute approximate surface area is 136 Å². The van der Waals surface area contributed by atoms with Crippen molar-refractivity contribution in [1.29, 1.82) is 0 Å². The predicted octanol–water partition coefficient (Wildman–Crippen LogP) is 2.46. The zero-order chi connectivity index (χ0) is 16.8. The lowest BCUT2D eigenvalue weighted by molar-refractivity contribution is 0.530. The number of rotatable bonds is 2. The third kappa shape index (κ3) is 4.12. The Morgan fingerprint density at radius 3 is 2.09 bits per heavy atom. The van der Waals surface area contributed by atoms with Crippen molar-refractivity contribution in [3.63, 3.8) is 0 Å². The smallest absolute Gasteiger partial charge is 0.225 e. The molecule has 3 rings (SSSR count). The Morgan fingerprint density at radius 1 is 0.957 bits per heavy atom. The summed E-state index contributed by atoms with van der Waals surface area (Å²) in [5.41, 5.74) is 1.05. The number of hydrogen-bond donors (Lipinski definition) is 0. The van der Waals surface area contributed by atoms with Gasteiger partial charge >= 0.3 is 0 Å². The van der Waals surface area contributed by atoms with Crippen LogP contribution in [0.5, 0.6) is 0 Å². The quantitative estimate of drug-likeness (QED) is 0.848. The highest BCUT2D eigenvalue weighted by atomic mass is 19.1. The van der Waals surface area contributed by atoms with Crippen LogP contribution in [0.25, 0.3) is 0 Å². The first-order valence-corrected chi connectivity index (χ1v) is 7.91. The molecule has 0 unspecified atom stereocenters. The maximum absolute atomic E-state index is 12.9. The van der Waals surface area contributed by atoms with E-state index in [1.165, 1.54) is 12.4 Å². The Balaban J connectivity index is 0.000000924. The van der Waals surface area contributed by atoms with Crippen LogP contribution in [0.15, 0.2) is 24.8 Å². The van der Waals surface area contributed by atoms with Gasteiger partial charge in [0.15, 0.2) is 5.82 Å². The van der Waals surface area contributed by atoms with E-state index < -0.39 is 5.82 Å². The molecule has 0 spiro atoms. The minimum atomic E-state index is -0.418. The van der Waals surface area contributed by atoms with Gasteiger partial charge in [-0.15, -0.1) is 0 Å². The molecule has 0 aromatic carbocycles. The molecule has 6 nitrogen and oxygen atoms in total. The number of aromatic nitrogens is 4. The predicted molar refractivity (Wildman–Crippen MR) is 89.1 cm³/mol. The van der Waals surface area contributed by atoms with Crippen LogP contribution < -0.4 is 9.80 Å². The minimum absolute atomic E-state index is 0.232. The minimum Gasteiger partial charge on any atom is -0.337 e. The van der Waals surface area contributed by atoms with Gasteiger partial charge in [0.05, 0.1) is 12.4 Å². The summed E-state index contributed by atoms with van der Waals surface area (Å²) < 4.78 is 12.9. The van der Waals surface area contributed by atoms with Gasteiger partial charge in [-0.1, -0.05) is 13.8 Å². The fourth-order valence-corrected chi connectivity index (χ4v) is 2.44. The summed E-state index contributed by atoms with van der Waals surface area (Å²) in [7, 11) is 0. The topological polar surface area (TPSA) is 58.0 Å². The number of piperazine rings is 1. The van der Waals surface area contributed by atoms with E-state index >= 15 is 0 Å². The highest BCUT2D eigenvalue weighted by Gasteiger charge is 2.26. The molecular formula is C16H23FN6. The number of hydrogen-bond acceptors (Lipinski definition) is 6. The van der Waals surface area contributed by atoms with E-state index in [0.29, 0.717) is 5.95 Å². The van der Waals surface area contributed by atoms with Gasteiger partial charge in [0, 0.05) is 38.1 Å². The van der Waals surface area contributed by atoms with E-state index in [4.69, 9.17) is 0 Å². The summed E-state index contributed by atoms with van der Waals surface area (Å²) >= 11 is 0. The summed E-state index contributed by atoms with van der Waals surface area (Å²) in [6.45, 7) is 10.4. The van der Waals surface area contributed by atoms with E-state index in [-0.39, 0.29) is 6.04 Å². The molecule has 1 aliphatic rings.